The number of amides is 2. The lowest BCUT2D eigenvalue weighted by Crippen LogP contribution is -2.73. The number of hydrogen-bond acceptors (Lipinski definition) is 7. The minimum absolute atomic E-state index is 0.0641. The summed E-state index contributed by atoms with van der Waals surface area (Å²) in [5.74, 6) is 0.0303. The third-order valence-corrected chi connectivity index (χ3v) is 8.57. The number of nitrogens with two attached hydrogens (primary N) is 1. The Hall–Kier alpha value is -3.09. The van der Waals surface area contributed by atoms with Crippen LogP contribution in [-0.4, -0.2) is 60.2 Å². The van der Waals surface area contributed by atoms with Gasteiger partial charge in [-0.2, -0.15) is 9.89 Å². The van der Waals surface area contributed by atoms with Crippen LogP contribution in [0.1, 0.15) is 11.1 Å². The van der Waals surface area contributed by atoms with Crippen LogP contribution in [0.5, 0.6) is 0 Å². The zero-order valence-electron chi connectivity index (χ0n) is 17.4. The number of thioether (sulfide) groups is 1. The Morgan fingerprint density at radius 3 is 2.67 bits per heavy atom. The largest absolute Gasteiger partial charge is 0.525 e. The topological polar surface area (TPSA) is 158 Å². The lowest BCUT2D eigenvalue weighted by atomic mass is 10.0. The number of carbonyl (C=O) groups is 3. The molecule has 0 radical (unpaired) electrons. The lowest BCUT2D eigenvalue weighted by Gasteiger charge is -2.44. The Bertz CT molecular complexity index is 1160. The summed E-state index contributed by atoms with van der Waals surface area (Å²) < 4.78 is 0. The number of benzene rings is 1. The van der Waals surface area contributed by atoms with E-state index in [1.54, 1.807) is 12.3 Å². The first-order valence-corrected chi connectivity index (χ1v) is 12.5. The highest BCUT2D eigenvalue weighted by molar-refractivity contribution is 8.11. The molecule has 0 saturated carbocycles. The normalized spacial score (nSPS) is 21.6. The van der Waals surface area contributed by atoms with E-state index < -0.39 is 27.6 Å². The van der Waals surface area contributed by atoms with Crippen LogP contribution in [0, 0.1) is 0 Å². The number of rotatable bonds is 7. The molecule has 1 saturated heterocycles. The first kappa shape index (κ1) is 23.1. The zero-order chi connectivity index (χ0) is 23.5. The first-order chi connectivity index (χ1) is 15.9. The third-order valence-electron chi connectivity index (χ3n) is 5.32. The number of aromatic nitrogens is 2. The summed E-state index contributed by atoms with van der Waals surface area (Å²) in [6.07, 6.45) is 1.74. The average Bonchev–Trinajstić information content (AvgIpc) is 2.81. The zero-order valence-corrected chi connectivity index (χ0v) is 19.0. The molecule has 4 rings (SSSR count). The molecule has 172 valence electrons. The number of H-pyrrole nitrogens is 1. The fraction of sp³-hybridized carbons (Fsp3) is 0.286. The van der Waals surface area contributed by atoms with Crippen molar-refractivity contribution < 1.29 is 19.5 Å². The maximum absolute atomic E-state index is 12.7. The van der Waals surface area contributed by atoms with Gasteiger partial charge < -0.3 is 16.2 Å². The summed E-state index contributed by atoms with van der Waals surface area (Å²) in [4.78, 5) is 49.9. The Balaban J connectivity index is 1.43. The molecule has 0 bridgehead atoms. The van der Waals surface area contributed by atoms with Crippen LogP contribution in [0.25, 0.3) is 0 Å². The van der Waals surface area contributed by atoms with Crippen LogP contribution < -0.4 is 16.6 Å². The molecular formula is C21H22N5O5S2+. The molecule has 1 aromatic carbocycles. The molecule has 2 amide bonds. The number of carbonyl (C=O) groups excluding carboxylic acids is 2. The van der Waals surface area contributed by atoms with E-state index in [1.807, 2.05) is 24.3 Å². The summed E-state index contributed by atoms with van der Waals surface area (Å²) in [6.45, 7) is 0.296. The van der Waals surface area contributed by atoms with Gasteiger partial charge in [-0.3, -0.25) is 19.3 Å². The highest BCUT2D eigenvalue weighted by Gasteiger charge is 2.62. The number of carboxylic acid groups (broad SMARTS) is 1. The van der Waals surface area contributed by atoms with Gasteiger partial charge in [0.15, 0.2) is 6.04 Å². The van der Waals surface area contributed by atoms with E-state index in [1.165, 1.54) is 22.7 Å². The monoisotopic (exact) mass is 488 g/mol. The smallest absolute Gasteiger partial charge is 0.441 e. The molecule has 2 aromatic rings. The van der Waals surface area contributed by atoms with E-state index in [9.17, 15) is 24.3 Å². The summed E-state index contributed by atoms with van der Waals surface area (Å²) in [6, 6.07) is 9.38. The Morgan fingerprint density at radius 1 is 1.24 bits per heavy atom. The van der Waals surface area contributed by atoms with E-state index in [0.717, 1.165) is 16.7 Å². The van der Waals surface area contributed by atoms with E-state index in [4.69, 9.17) is 5.73 Å². The summed E-state index contributed by atoms with van der Waals surface area (Å²) in [7, 11) is -1.17. The molecule has 0 spiro atoms. The maximum Gasteiger partial charge on any atom is 0.525 e. The van der Waals surface area contributed by atoms with Gasteiger partial charge in [-0.1, -0.05) is 36.0 Å². The van der Waals surface area contributed by atoms with Crippen LogP contribution in [0.3, 0.4) is 0 Å². The standard InChI is InChI=1S/C21H21N5O5S2/c22-8-14-4-2-1-3-13(14)7-16(28)23-18-19(29)26-9-12(11-33(20(18)26)21(30)31)10-32-17-6-5-15(27)24-25-17/h1-6,9,18,20H,7-8,10-11,22H2,(H2-,23,24,27,28,30,31)/p+1/t18?,20-,33?/m1/s1. The molecular weight excluding hydrogens is 466 g/mol. The van der Waals surface area contributed by atoms with Gasteiger partial charge in [0.2, 0.25) is 11.3 Å². The maximum atomic E-state index is 12.7. The molecule has 10 nitrogen and oxygen atoms in total. The van der Waals surface area contributed by atoms with Crippen molar-refractivity contribution in [3.63, 3.8) is 0 Å². The predicted octanol–water partition coefficient (Wildman–Crippen LogP) is 0.410. The molecule has 3 atom stereocenters. The number of β-lactam (4-membered cyclic amide) rings is 1. The van der Waals surface area contributed by atoms with E-state index in [-0.39, 0.29) is 29.5 Å². The quantitative estimate of drug-likeness (QED) is 0.248. The van der Waals surface area contributed by atoms with Crippen molar-refractivity contribution in [2.75, 3.05) is 11.5 Å². The summed E-state index contributed by atoms with van der Waals surface area (Å²) >= 11 is 1.34. The number of hydrogen-bond donors (Lipinski definition) is 4. The number of nitrogens with zero attached hydrogens (tertiary/aromatic N) is 2. The lowest BCUT2D eigenvalue weighted by molar-refractivity contribution is -0.144. The van der Waals surface area contributed by atoms with Crippen LogP contribution >= 0.6 is 11.8 Å². The molecule has 2 aliphatic rings. The molecule has 1 fully saturated rings. The van der Waals surface area contributed by atoms with Gasteiger partial charge in [0, 0.05) is 30.1 Å². The summed E-state index contributed by atoms with van der Waals surface area (Å²) in [5, 5.41) is 17.8. The van der Waals surface area contributed by atoms with Gasteiger partial charge in [0.25, 0.3) is 11.5 Å². The van der Waals surface area contributed by atoms with Gasteiger partial charge >= 0.3 is 5.30 Å². The SMILES string of the molecule is NCc1ccccc1CC(=O)NC1C(=O)N2C=C(CSc3ccc(=O)[nH]n3)C[S+](C(=O)O)[C@H]12. The van der Waals surface area contributed by atoms with Crippen LogP contribution in [0.4, 0.5) is 4.79 Å². The highest BCUT2D eigenvalue weighted by atomic mass is 32.2. The second-order valence-corrected chi connectivity index (χ2v) is 10.5. The van der Waals surface area contributed by atoms with Crippen LogP contribution in [0.2, 0.25) is 0 Å². The molecule has 2 aliphatic heterocycles. The Labute approximate surface area is 196 Å². The first-order valence-electron chi connectivity index (χ1n) is 10.1. The van der Waals surface area contributed by atoms with Gasteiger partial charge in [0.1, 0.15) is 21.7 Å². The average molecular weight is 489 g/mol. The second kappa shape index (κ2) is 9.81. The van der Waals surface area contributed by atoms with E-state index >= 15 is 0 Å². The molecule has 0 aliphatic carbocycles. The van der Waals surface area contributed by atoms with E-state index in [0.29, 0.717) is 17.3 Å². The van der Waals surface area contributed by atoms with Gasteiger partial charge in [-0.25, -0.2) is 5.10 Å². The number of fused-ring (bicyclic) bond motifs is 1. The van der Waals surface area contributed by atoms with Crippen molar-refractivity contribution >= 4 is 39.8 Å². The fourth-order valence-electron chi connectivity index (χ4n) is 3.73. The molecule has 12 heteroatoms. The van der Waals surface area contributed by atoms with Crippen molar-refractivity contribution in [1.82, 2.24) is 20.4 Å². The van der Waals surface area contributed by atoms with Gasteiger partial charge in [-0.15, -0.1) is 0 Å². The Kier molecular flexibility index (Phi) is 6.86. The van der Waals surface area contributed by atoms with E-state index in [2.05, 4.69) is 15.5 Å². The van der Waals surface area contributed by atoms with Crippen molar-refractivity contribution in [3.05, 3.63) is 69.7 Å². The van der Waals surface area contributed by atoms with Crippen molar-refractivity contribution in [2.45, 2.75) is 29.4 Å². The van der Waals surface area contributed by atoms with Crippen LogP contribution in [-0.2, 0) is 33.4 Å². The van der Waals surface area contributed by atoms with Gasteiger partial charge in [0.05, 0.1) is 6.42 Å². The molecule has 33 heavy (non-hydrogen) atoms. The van der Waals surface area contributed by atoms with Crippen LogP contribution in [0.15, 0.2) is 58.0 Å². The molecule has 1 aromatic heterocycles. The minimum Gasteiger partial charge on any atom is -0.441 e. The third kappa shape index (κ3) is 4.97. The van der Waals surface area contributed by atoms with Crippen molar-refractivity contribution in [2.24, 2.45) is 5.73 Å². The summed E-state index contributed by atoms with van der Waals surface area (Å²) in [5.41, 5.74) is 7.82. The number of aromatic amines is 1. The Morgan fingerprint density at radius 2 is 2.00 bits per heavy atom. The number of nitrogens with one attached hydrogen (secondary N) is 2. The molecule has 3 heterocycles. The van der Waals surface area contributed by atoms with Crippen molar-refractivity contribution in [1.29, 1.82) is 0 Å². The second-order valence-electron chi connectivity index (χ2n) is 7.51. The van der Waals surface area contributed by atoms with Gasteiger partial charge in [-0.05, 0) is 17.2 Å². The highest BCUT2D eigenvalue weighted by Crippen LogP contribution is 2.35. The molecule has 2 unspecified atom stereocenters. The predicted molar refractivity (Wildman–Crippen MR) is 125 cm³/mol. The minimum atomic E-state index is -1.17. The fourth-order valence-corrected chi connectivity index (χ4v) is 6.67. The van der Waals surface area contributed by atoms with Crippen molar-refractivity contribution in [3.8, 4) is 0 Å². The molecule has 5 N–H and O–H groups in total.